The molecule has 28 heavy (non-hydrogen) atoms. The van der Waals surface area contributed by atoms with Gasteiger partial charge in [0.25, 0.3) is 0 Å². The standard InChI is InChI=1S/C20H19FN2O5/c1-11(2)19(24)26-8-9-27-20(25)17-16(13-6-4-5-7-15(13)21)14(10-22)12(3)28-18(17)23/h4-7,16H,1,8-9,23H2,2-3H3/t16-/m1/s1. The Balaban J connectivity index is 2.27. The number of rotatable bonds is 6. The van der Waals surface area contributed by atoms with Crippen LogP contribution >= 0.6 is 0 Å². The van der Waals surface area contributed by atoms with E-state index in [0.717, 1.165) is 0 Å². The van der Waals surface area contributed by atoms with Crippen LogP contribution in [0.1, 0.15) is 25.3 Å². The van der Waals surface area contributed by atoms with Crippen LogP contribution in [0.2, 0.25) is 0 Å². The molecule has 1 atom stereocenters. The van der Waals surface area contributed by atoms with E-state index < -0.39 is 23.7 Å². The summed E-state index contributed by atoms with van der Waals surface area (Å²) in [5.41, 5.74) is 5.99. The van der Waals surface area contributed by atoms with Crippen molar-refractivity contribution in [1.29, 1.82) is 5.26 Å². The van der Waals surface area contributed by atoms with E-state index in [-0.39, 0.29) is 47.1 Å². The molecule has 0 saturated heterocycles. The molecular weight excluding hydrogens is 367 g/mol. The van der Waals surface area contributed by atoms with E-state index in [1.54, 1.807) is 6.07 Å². The number of carbonyl (C=O) groups excluding carboxylic acids is 2. The molecule has 0 radical (unpaired) electrons. The lowest BCUT2D eigenvalue weighted by Crippen LogP contribution is -2.27. The molecule has 1 aromatic rings. The molecule has 1 heterocycles. The minimum Gasteiger partial charge on any atom is -0.459 e. The number of benzene rings is 1. The van der Waals surface area contributed by atoms with Crippen LogP contribution in [0.3, 0.4) is 0 Å². The Morgan fingerprint density at radius 3 is 2.57 bits per heavy atom. The first-order chi connectivity index (χ1) is 13.3. The molecule has 0 aliphatic carbocycles. The number of hydrogen-bond acceptors (Lipinski definition) is 7. The van der Waals surface area contributed by atoms with E-state index in [9.17, 15) is 19.2 Å². The zero-order chi connectivity index (χ0) is 20.8. The first-order valence-corrected chi connectivity index (χ1v) is 8.30. The summed E-state index contributed by atoms with van der Waals surface area (Å²) in [4.78, 5) is 23.9. The topological polar surface area (TPSA) is 112 Å². The number of hydrogen-bond donors (Lipinski definition) is 1. The summed E-state index contributed by atoms with van der Waals surface area (Å²) in [5, 5.41) is 9.51. The van der Waals surface area contributed by atoms with E-state index >= 15 is 0 Å². The van der Waals surface area contributed by atoms with Gasteiger partial charge in [-0.25, -0.2) is 14.0 Å². The second-order valence-electron chi connectivity index (χ2n) is 5.97. The lowest BCUT2D eigenvalue weighted by atomic mass is 9.83. The van der Waals surface area contributed by atoms with E-state index in [1.165, 1.54) is 32.0 Å². The molecule has 0 aromatic heterocycles. The van der Waals surface area contributed by atoms with Crippen LogP contribution in [-0.4, -0.2) is 25.2 Å². The number of nitriles is 1. The highest BCUT2D eigenvalue weighted by Gasteiger charge is 2.37. The monoisotopic (exact) mass is 386 g/mol. The van der Waals surface area contributed by atoms with E-state index in [1.807, 2.05) is 6.07 Å². The molecule has 1 aliphatic rings. The fourth-order valence-electron chi connectivity index (χ4n) is 2.62. The van der Waals surface area contributed by atoms with Crippen molar-refractivity contribution in [1.82, 2.24) is 0 Å². The van der Waals surface area contributed by atoms with Crippen LogP contribution in [0.5, 0.6) is 0 Å². The van der Waals surface area contributed by atoms with Gasteiger partial charge in [-0.15, -0.1) is 0 Å². The second kappa shape index (κ2) is 8.86. The van der Waals surface area contributed by atoms with Crippen molar-refractivity contribution < 1.29 is 28.2 Å². The quantitative estimate of drug-likeness (QED) is 0.454. The zero-order valence-corrected chi connectivity index (χ0v) is 15.5. The average molecular weight is 386 g/mol. The van der Waals surface area contributed by atoms with Crippen LogP contribution in [0, 0.1) is 17.1 Å². The summed E-state index contributed by atoms with van der Waals surface area (Å²) in [5.74, 6) is -3.33. The van der Waals surface area contributed by atoms with Crippen LogP contribution in [-0.2, 0) is 23.8 Å². The van der Waals surface area contributed by atoms with Crippen molar-refractivity contribution in [2.24, 2.45) is 5.73 Å². The molecule has 0 unspecified atom stereocenters. The van der Waals surface area contributed by atoms with Crippen molar-refractivity contribution >= 4 is 11.9 Å². The number of halogens is 1. The molecule has 2 rings (SSSR count). The zero-order valence-electron chi connectivity index (χ0n) is 15.5. The van der Waals surface area contributed by atoms with Gasteiger partial charge >= 0.3 is 11.9 Å². The maximum absolute atomic E-state index is 14.4. The van der Waals surface area contributed by atoms with Gasteiger partial charge in [-0.05, 0) is 19.9 Å². The largest absolute Gasteiger partial charge is 0.459 e. The molecule has 1 aliphatic heterocycles. The van der Waals surface area contributed by atoms with Crippen molar-refractivity contribution in [3.05, 3.63) is 70.6 Å². The summed E-state index contributed by atoms with van der Waals surface area (Å²) in [6.07, 6.45) is 0. The predicted molar refractivity (Wildman–Crippen MR) is 96.5 cm³/mol. The van der Waals surface area contributed by atoms with Gasteiger partial charge in [-0.1, -0.05) is 24.8 Å². The summed E-state index contributed by atoms with van der Waals surface area (Å²) in [6, 6.07) is 7.67. The highest BCUT2D eigenvalue weighted by Crippen LogP contribution is 2.40. The minimum absolute atomic E-state index is 0.0416. The summed E-state index contributed by atoms with van der Waals surface area (Å²) < 4.78 is 29.6. The number of allylic oxidation sites excluding steroid dienone is 2. The Morgan fingerprint density at radius 2 is 1.96 bits per heavy atom. The highest BCUT2D eigenvalue weighted by atomic mass is 19.1. The normalized spacial score (nSPS) is 16.1. The first kappa shape index (κ1) is 20.7. The Kier molecular flexibility index (Phi) is 6.55. The Labute approximate surface area is 161 Å². The maximum atomic E-state index is 14.4. The van der Waals surface area contributed by atoms with Crippen molar-refractivity contribution in [2.75, 3.05) is 13.2 Å². The van der Waals surface area contributed by atoms with Gasteiger partial charge in [0.1, 0.15) is 30.4 Å². The SMILES string of the molecule is C=C(C)C(=O)OCCOC(=O)C1=C(N)OC(C)=C(C#N)[C@H]1c1ccccc1F. The smallest absolute Gasteiger partial charge is 0.340 e. The molecule has 1 aromatic carbocycles. The molecule has 2 N–H and O–H groups in total. The van der Waals surface area contributed by atoms with Crippen molar-refractivity contribution in [3.8, 4) is 6.07 Å². The predicted octanol–water partition coefficient (Wildman–Crippen LogP) is 2.57. The maximum Gasteiger partial charge on any atom is 0.340 e. The number of carbonyl (C=O) groups is 2. The van der Waals surface area contributed by atoms with Gasteiger partial charge in [0.2, 0.25) is 5.88 Å². The minimum atomic E-state index is -1.08. The number of esters is 2. The molecule has 0 spiro atoms. The number of nitrogens with two attached hydrogens (primary N) is 1. The van der Waals surface area contributed by atoms with Gasteiger partial charge < -0.3 is 19.9 Å². The fourth-order valence-corrected chi connectivity index (χ4v) is 2.62. The molecule has 146 valence electrons. The van der Waals surface area contributed by atoms with Crippen LogP contribution < -0.4 is 5.73 Å². The van der Waals surface area contributed by atoms with E-state index in [0.29, 0.717) is 0 Å². The summed E-state index contributed by atoms with van der Waals surface area (Å²) >= 11 is 0. The van der Waals surface area contributed by atoms with E-state index in [4.69, 9.17) is 19.9 Å². The molecular formula is C20H19FN2O5. The summed E-state index contributed by atoms with van der Waals surface area (Å²) in [6.45, 7) is 5.96. The van der Waals surface area contributed by atoms with Crippen LogP contribution in [0.4, 0.5) is 4.39 Å². The molecule has 0 amide bonds. The summed E-state index contributed by atoms with van der Waals surface area (Å²) in [7, 11) is 0. The Hall–Kier alpha value is -3.60. The van der Waals surface area contributed by atoms with Gasteiger partial charge in [0.05, 0.1) is 17.6 Å². The van der Waals surface area contributed by atoms with Crippen molar-refractivity contribution in [3.63, 3.8) is 0 Å². The molecule has 7 nitrogen and oxygen atoms in total. The Morgan fingerprint density at radius 1 is 1.32 bits per heavy atom. The van der Waals surface area contributed by atoms with Crippen LogP contribution in [0.25, 0.3) is 0 Å². The number of ether oxygens (including phenoxy) is 3. The van der Waals surface area contributed by atoms with Gasteiger partial charge in [0.15, 0.2) is 0 Å². The molecule has 0 bridgehead atoms. The van der Waals surface area contributed by atoms with E-state index in [2.05, 4.69) is 6.58 Å². The third-order valence-electron chi connectivity index (χ3n) is 3.94. The fraction of sp³-hybridized carbons (Fsp3) is 0.250. The molecule has 8 heteroatoms. The molecule has 0 saturated carbocycles. The lowest BCUT2D eigenvalue weighted by Gasteiger charge is -2.27. The highest BCUT2D eigenvalue weighted by molar-refractivity contribution is 5.92. The third kappa shape index (κ3) is 4.38. The first-order valence-electron chi connectivity index (χ1n) is 8.30. The average Bonchev–Trinajstić information content (AvgIpc) is 2.64. The molecule has 0 fully saturated rings. The third-order valence-corrected chi connectivity index (χ3v) is 3.94. The number of nitrogens with zero attached hydrogens (tertiary/aromatic N) is 1. The van der Waals surface area contributed by atoms with Gasteiger partial charge in [-0.3, -0.25) is 0 Å². The van der Waals surface area contributed by atoms with Gasteiger partial charge in [-0.2, -0.15) is 5.26 Å². The Bertz CT molecular complexity index is 927. The second-order valence-corrected chi connectivity index (χ2v) is 5.97. The lowest BCUT2D eigenvalue weighted by molar-refractivity contribution is -0.147. The van der Waals surface area contributed by atoms with Crippen molar-refractivity contribution in [2.45, 2.75) is 19.8 Å². The van der Waals surface area contributed by atoms with Crippen LogP contribution in [0.15, 0.2) is 59.2 Å². The van der Waals surface area contributed by atoms with Gasteiger partial charge in [0, 0.05) is 11.1 Å².